The highest BCUT2D eigenvalue weighted by Gasteiger charge is 2.49. The van der Waals surface area contributed by atoms with E-state index in [9.17, 15) is 17.9 Å². The molecule has 1 aliphatic rings. The Morgan fingerprint density at radius 1 is 1.31 bits per heavy atom. The minimum absolute atomic E-state index is 0.0353. The van der Waals surface area contributed by atoms with Crippen molar-refractivity contribution in [3.63, 3.8) is 0 Å². The molecule has 2 N–H and O–H groups in total. The molecule has 0 bridgehead atoms. The first-order chi connectivity index (χ1) is 15.1. The Balaban J connectivity index is 1.74. The van der Waals surface area contributed by atoms with E-state index in [4.69, 9.17) is 34.5 Å². The number of rotatable bonds is 9. The van der Waals surface area contributed by atoms with E-state index in [0.29, 0.717) is 18.1 Å². The molecule has 1 heterocycles. The average Bonchev–Trinajstić information content (AvgIpc) is 2.68. The lowest BCUT2D eigenvalue weighted by Crippen LogP contribution is -2.64. The molecule has 0 spiro atoms. The third-order valence-electron chi connectivity index (χ3n) is 5.06. The summed E-state index contributed by atoms with van der Waals surface area (Å²) in [5.74, 6) is -0.444. The molecule has 0 saturated carbocycles. The molecule has 0 aliphatic carbocycles. The number of benzene rings is 2. The van der Waals surface area contributed by atoms with Crippen LogP contribution in [0.2, 0.25) is 10.0 Å². The molecule has 0 radical (unpaired) electrons. The van der Waals surface area contributed by atoms with Crippen LogP contribution in [0, 0.1) is 17.8 Å². The predicted molar refractivity (Wildman–Crippen MR) is 120 cm³/mol. The van der Waals surface area contributed by atoms with E-state index in [1.807, 2.05) is 0 Å². The van der Waals surface area contributed by atoms with Crippen LogP contribution in [0.4, 0.5) is 10.1 Å². The van der Waals surface area contributed by atoms with Crippen molar-refractivity contribution in [2.75, 3.05) is 32.8 Å². The molecular formula is C21H22Cl2FN3O4S. The van der Waals surface area contributed by atoms with Gasteiger partial charge in [-0.15, -0.1) is 0 Å². The molecule has 3 rings (SSSR count). The van der Waals surface area contributed by atoms with E-state index in [1.54, 1.807) is 6.92 Å². The third kappa shape index (κ3) is 5.52. The molecule has 1 atom stereocenters. The first-order valence-electron chi connectivity index (χ1n) is 9.70. The van der Waals surface area contributed by atoms with Crippen molar-refractivity contribution >= 4 is 38.9 Å². The highest BCUT2D eigenvalue weighted by Crippen LogP contribution is 2.38. The fraction of sp³-hybridized carbons (Fsp3) is 0.381. The van der Waals surface area contributed by atoms with Crippen molar-refractivity contribution in [2.45, 2.75) is 17.9 Å². The average molecular weight is 502 g/mol. The standard InChI is InChI=1S/C21H22Cl2FN3O4S/c1-14(28)9-26-10-21(13-31-16-4-5-19(25-2)18(24)8-16)11-27(12-21)32(29,30)20-6-3-15(22)7-17(20)23/h3-8,14,26,28H,9-13H2,1H3/t14-/m1/s1. The van der Waals surface area contributed by atoms with Crippen LogP contribution in [0.15, 0.2) is 41.3 Å². The van der Waals surface area contributed by atoms with Crippen LogP contribution in [0.1, 0.15) is 6.92 Å². The van der Waals surface area contributed by atoms with Crippen LogP contribution in [0.3, 0.4) is 0 Å². The maximum atomic E-state index is 13.9. The second-order valence-corrected chi connectivity index (χ2v) is 10.6. The molecule has 0 aromatic heterocycles. The van der Waals surface area contributed by atoms with Gasteiger partial charge in [0.2, 0.25) is 15.7 Å². The lowest BCUT2D eigenvalue weighted by atomic mass is 9.82. The zero-order valence-corrected chi connectivity index (χ0v) is 19.5. The molecule has 32 heavy (non-hydrogen) atoms. The number of nitrogens with zero attached hydrogens (tertiary/aromatic N) is 2. The van der Waals surface area contributed by atoms with E-state index in [-0.39, 0.29) is 41.1 Å². The van der Waals surface area contributed by atoms with Gasteiger partial charge in [0.15, 0.2) is 0 Å². The number of aliphatic hydroxyl groups excluding tert-OH is 1. The Morgan fingerprint density at radius 2 is 2.03 bits per heavy atom. The molecule has 2 aromatic carbocycles. The molecule has 172 valence electrons. The summed E-state index contributed by atoms with van der Waals surface area (Å²) < 4.78 is 47.0. The molecule has 7 nitrogen and oxygen atoms in total. The lowest BCUT2D eigenvalue weighted by Gasteiger charge is -2.49. The molecule has 0 unspecified atom stereocenters. The number of halogens is 3. The number of aliphatic hydroxyl groups is 1. The number of ether oxygens (including phenoxy) is 1. The Labute approximate surface area is 196 Å². The summed E-state index contributed by atoms with van der Waals surface area (Å²) >= 11 is 12.0. The first kappa shape index (κ1) is 24.7. The number of hydrogen-bond donors (Lipinski definition) is 2. The molecule has 0 amide bonds. The quantitative estimate of drug-likeness (QED) is 0.511. The van der Waals surface area contributed by atoms with Gasteiger partial charge in [0.05, 0.1) is 24.3 Å². The number of nitrogens with one attached hydrogen (secondary N) is 1. The highest BCUT2D eigenvalue weighted by atomic mass is 35.5. The van der Waals surface area contributed by atoms with E-state index >= 15 is 0 Å². The van der Waals surface area contributed by atoms with Gasteiger partial charge in [0, 0.05) is 42.7 Å². The number of sulfonamides is 1. The van der Waals surface area contributed by atoms with Crippen LogP contribution >= 0.6 is 23.2 Å². The van der Waals surface area contributed by atoms with Crippen LogP contribution in [0.5, 0.6) is 5.75 Å². The zero-order valence-electron chi connectivity index (χ0n) is 17.2. The summed E-state index contributed by atoms with van der Waals surface area (Å²) in [6.45, 7) is 9.65. The Morgan fingerprint density at radius 3 is 2.62 bits per heavy atom. The third-order valence-corrected chi connectivity index (χ3v) is 7.57. The van der Waals surface area contributed by atoms with E-state index in [2.05, 4.69) is 10.2 Å². The van der Waals surface area contributed by atoms with Gasteiger partial charge in [0.25, 0.3) is 0 Å². The van der Waals surface area contributed by atoms with Crippen molar-refractivity contribution in [1.82, 2.24) is 9.62 Å². The summed E-state index contributed by atoms with van der Waals surface area (Å²) in [6, 6.07) is 8.15. The maximum absolute atomic E-state index is 13.9. The van der Waals surface area contributed by atoms with Crippen molar-refractivity contribution in [3.05, 3.63) is 63.7 Å². The van der Waals surface area contributed by atoms with Gasteiger partial charge in [-0.2, -0.15) is 4.31 Å². The second-order valence-electron chi connectivity index (χ2n) is 7.84. The largest absolute Gasteiger partial charge is 0.493 e. The maximum Gasteiger partial charge on any atom is 0.244 e. The van der Waals surface area contributed by atoms with E-state index < -0.39 is 27.4 Å². The Bertz CT molecular complexity index is 1130. The van der Waals surface area contributed by atoms with Crippen molar-refractivity contribution < 1.29 is 22.7 Å². The van der Waals surface area contributed by atoms with Crippen molar-refractivity contribution in [2.24, 2.45) is 5.41 Å². The molecule has 1 saturated heterocycles. The topological polar surface area (TPSA) is 83.2 Å². The smallest absolute Gasteiger partial charge is 0.244 e. The fourth-order valence-corrected chi connectivity index (χ4v) is 5.81. The lowest BCUT2D eigenvalue weighted by molar-refractivity contribution is 0.0172. The normalized spacial score (nSPS) is 16.8. The first-order valence-corrected chi connectivity index (χ1v) is 11.9. The summed E-state index contributed by atoms with van der Waals surface area (Å²) in [4.78, 5) is 3.04. The van der Waals surface area contributed by atoms with Gasteiger partial charge in [-0.1, -0.05) is 23.2 Å². The van der Waals surface area contributed by atoms with Crippen LogP contribution in [-0.2, 0) is 10.0 Å². The molecule has 11 heteroatoms. The molecule has 1 fully saturated rings. The predicted octanol–water partition coefficient (Wildman–Crippen LogP) is 3.72. The monoisotopic (exact) mass is 501 g/mol. The highest BCUT2D eigenvalue weighted by molar-refractivity contribution is 7.89. The summed E-state index contributed by atoms with van der Waals surface area (Å²) in [5, 5.41) is 13.0. The Hall–Kier alpha value is -1.93. The molecule has 1 aliphatic heterocycles. The Kier molecular flexibility index (Phi) is 7.65. The molecular weight excluding hydrogens is 480 g/mol. The summed E-state index contributed by atoms with van der Waals surface area (Å²) in [6.07, 6.45) is -0.573. The summed E-state index contributed by atoms with van der Waals surface area (Å²) in [7, 11) is -3.84. The van der Waals surface area contributed by atoms with Crippen LogP contribution in [0.25, 0.3) is 4.85 Å². The van der Waals surface area contributed by atoms with Gasteiger partial charge in [-0.3, -0.25) is 0 Å². The fourth-order valence-electron chi connectivity index (χ4n) is 3.40. The SMILES string of the molecule is [C-]#[N+]c1ccc(OCC2(CNC[C@@H](C)O)CN(S(=O)(=O)c3ccc(Cl)cc3Cl)C2)cc1F. The molecule has 2 aromatic rings. The van der Waals surface area contributed by atoms with Gasteiger partial charge in [0.1, 0.15) is 16.5 Å². The van der Waals surface area contributed by atoms with E-state index in [0.717, 1.165) is 6.07 Å². The van der Waals surface area contributed by atoms with E-state index in [1.165, 1.54) is 34.6 Å². The van der Waals surface area contributed by atoms with Gasteiger partial charge in [-0.25, -0.2) is 17.7 Å². The van der Waals surface area contributed by atoms with Crippen LogP contribution in [-0.4, -0.2) is 56.7 Å². The van der Waals surface area contributed by atoms with Gasteiger partial charge in [-0.05, 0) is 37.3 Å². The van der Waals surface area contributed by atoms with Crippen molar-refractivity contribution in [3.8, 4) is 5.75 Å². The van der Waals surface area contributed by atoms with Crippen LogP contribution < -0.4 is 10.1 Å². The minimum atomic E-state index is -3.84. The van der Waals surface area contributed by atoms with Gasteiger partial charge >= 0.3 is 0 Å². The van der Waals surface area contributed by atoms with Gasteiger partial charge < -0.3 is 15.2 Å². The zero-order chi connectivity index (χ0) is 23.5. The van der Waals surface area contributed by atoms with Crippen molar-refractivity contribution in [1.29, 1.82) is 0 Å². The number of hydrogen-bond acceptors (Lipinski definition) is 5. The summed E-state index contributed by atoms with van der Waals surface area (Å²) in [5.41, 5.74) is -0.707. The minimum Gasteiger partial charge on any atom is -0.493 e. The second kappa shape index (κ2) is 9.91.